The van der Waals surface area contributed by atoms with Gasteiger partial charge in [-0.3, -0.25) is 4.90 Å². The van der Waals surface area contributed by atoms with Crippen LogP contribution in [0.2, 0.25) is 0 Å². The Morgan fingerprint density at radius 3 is 2.33 bits per heavy atom. The predicted molar refractivity (Wildman–Crippen MR) is 77.6 cm³/mol. The minimum atomic E-state index is 0.701. The molecule has 0 aromatic carbocycles. The van der Waals surface area contributed by atoms with E-state index in [0.29, 0.717) is 6.42 Å². The van der Waals surface area contributed by atoms with Crippen LogP contribution in [0.25, 0.3) is 0 Å². The highest BCUT2D eigenvalue weighted by Crippen LogP contribution is 1.97. The van der Waals surface area contributed by atoms with Crippen LogP contribution in [0.15, 0.2) is 0 Å². The van der Waals surface area contributed by atoms with Crippen molar-refractivity contribution in [3.05, 3.63) is 0 Å². The second kappa shape index (κ2) is 18.5. The summed E-state index contributed by atoms with van der Waals surface area (Å²) in [7, 11) is 4.04. The molecule has 0 atom stereocenters. The fourth-order valence-electron chi connectivity index (χ4n) is 1.09. The summed E-state index contributed by atoms with van der Waals surface area (Å²) in [5.74, 6) is 6.00. The first-order chi connectivity index (χ1) is 8.68. The maximum Gasteiger partial charge on any atom is 0.119 e. The number of rotatable bonds is 8. The molecule has 3 nitrogen and oxygen atoms in total. The van der Waals surface area contributed by atoms with E-state index in [9.17, 15) is 4.79 Å². The van der Waals surface area contributed by atoms with Gasteiger partial charge in [-0.05, 0) is 33.9 Å². The SMILES string of the molecule is CCC#CCN(C)C.CCOCCCCCC=O. The Labute approximate surface area is 113 Å². The van der Waals surface area contributed by atoms with Crippen LogP contribution in [-0.2, 0) is 9.53 Å². The van der Waals surface area contributed by atoms with Crippen molar-refractivity contribution < 1.29 is 9.53 Å². The van der Waals surface area contributed by atoms with Crippen molar-refractivity contribution in [2.24, 2.45) is 0 Å². The highest BCUT2D eigenvalue weighted by Gasteiger charge is 1.87. The number of nitrogens with zero attached hydrogens (tertiary/aromatic N) is 1. The molecule has 106 valence electrons. The van der Waals surface area contributed by atoms with Gasteiger partial charge in [-0.15, -0.1) is 5.92 Å². The van der Waals surface area contributed by atoms with E-state index in [1.165, 1.54) is 0 Å². The fraction of sp³-hybridized carbons (Fsp3) is 0.800. The highest BCUT2D eigenvalue weighted by atomic mass is 16.5. The molecule has 0 aromatic rings. The molecule has 0 rings (SSSR count). The normalized spacial score (nSPS) is 9.17. The first-order valence-corrected chi connectivity index (χ1v) is 6.80. The molecule has 0 spiro atoms. The van der Waals surface area contributed by atoms with Crippen LogP contribution < -0.4 is 0 Å². The molecular formula is C15H29NO2. The van der Waals surface area contributed by atoms with E-state index < -0.39 is 0 Å². The molecule has 0 unspecified atom stereocenters. The lowest BCUT2D eigenvalue weighted by Crippen LogP contribution is -2.10. The van der Waals surface area contributed by atoms with Crippen molar-refractivity contribution >= 4 is 6.29 Å². The third-order valence-electron chi connectivity index (χ3n) is 2.01. The lowest BCUT2D eigenvalue weighted by atomic mass is 10.2. The van der Waals surface area contributed by atoms with E-state index in [-0.39, 0.29) is 0 Å². The van der Waals surface area contributed by atoms with Gasteiger partial charge in [0.2, 0.25) is 0 Å². The largest absolute Gasteiger partial charge is 0.382 e. The van der Waals surface area contributed by atoms with Crippen molar-refractivity contribution in [2.45, 2.75) is 46.0 Å². The average molecular weight is 255 g/mol. The maximum atomic E-state index is 9.86. The molecule has 18 heavy (non-hydrogen) atoms. The Bertz CT molecular complexity index is 216. The molecule has 0 aromatic heterocycles. The highest BCUT2D eigenvalue weighted by molar-refractivity contribution is 5.48. The summed E-state index contributed by atoms with van der Waals surface area (Å²) in [6, 6.07) is 0. The maximum absolute atomic E-state index is 9.86. The van der Waals surface area contributed by atoms with Gasteiger partial charge in [0.15, 0.2) is 0 Å². The molecule has 0 saturated heterocycles. The van der Waals surface area contributed by atoms with Gasteiger partial charge >= 0.3 is 0 Å². The number of hydrogen-bond donors (Lipinski definition) is 0. The summed E-state index contributed by atoms with van der Waals surface area (Å²) in [4.78, 5) is 11.9. The number of ether oxygens (including phenoxy) is 1. The molecule has 0 aliphatic carbocycles. The molecular weight excluding hydrogens is 226 g/mol. The van der Waals surface area contributed by atoms with Gasteiger partial charge in [-0.2, -0.15) is 0 Å². The average Bonchev–Trinajstić information content (AvgIpc) is 2.34. The lowest BCUT2D eigenvalue weighted by molar-refractivity contribution is -0.107. The smallest absolute Gasteiger partial charge is 0.119 e. The molecule has 0 aliphatic rings. The number of carbonyl (C=O) groups is 1. The molecule has 0 fully saturated rings. The van der Waals surface area contributed by atoms with Crippen LogP contribution in [0.3, 0.4) is 0 Å². The van der Waals surface area contributed by atoms with Gasteiger partial charge in [0, 0.05) is 26.1 Å². The molecule has 0 aliphatic heterocycles. The Kier molecular flexibility index (Phi) is 20.0. The van der Waals surface area contributed by atoms with E-state index >= 15 is 0 Å². The second-order valence-corrected chi connectivity index (χ2v) is 4.16. The van der Waals surface area contributed by atoms with Crippen LogP contribution >= 0.6 is 0 Å². The topological polar surface area (TPSA) is 29.5 Å². The third kappa shape index (κ3) is 24.4. The van der Waals surface area contributed by atoms with E-state index in [1.54, 1.807) is 0 Å². The minimum Gasteiger partial charge on any atom is -0.382 e. The summed E-state index contributed by atoms with van der Waals surface area (Å²) < 4.78 is 5.13. The Hall–Kier alpha value is -0.850. The summed E-state index contributed by atoms with van der Waals surface area (Å²) in [6.45, 7) is 6.57. The van der Waals surface area contributed by atoms with Gasteiger partial charge < -0.3 is 9.53 Å². The Morgan fingerprint density at radius 2 is 1.83 bits per heavy atom. The zero-order valence-corrected chi connectivity index (χ0v) is 12.5. The molecule has 0 N–H and O–H groups in total. The van der Waals surface area contributed by atoms with Gasteiger partial charge in [-0.1, -0.05) is 19.3 Å². The van der Waals surface area contributed by atoms with Gasteiger partial charge in [0.1, 0.15) is 6.29 Å². The van der Waals surface area contributed by atoms with Gasteiger partial charge in [-0.25, -0.2) is 0 Å². The third-order valence-corrected chi connectivity index (χ3v) is 2.01. The van der Waals surface area contributed by atoms with E-state index in [2.05, 4.69) is 23.7 Å². The van der Waals surface area contributed by atoms with Crippen molar-refractivity contribution in [2.75, 3.05) is 33.9 Å². The van der Waals surface area contributed by atoms with E-state index in [1.807, 2.05) is 21.0 Å². The number of unbranched alkanes of at least 4 members (excludes halogenated alkanes) is 3. The molecule has 0 amide bonds. The first-order valence-electron chi connectivity index (χ1n) is 6.80. The number of hydrogen-bond acceptors (Lipinski definition) is 3. The summed E-state index contributed by atoms with van der Waals surface area (Å²) in [6.07, 6.45) is 5.84. The van der Waals surface area contributed by atoms with Crippen LogP contribution in [0.4, 0.5) is 0 Å². The fourth-order valence-corrected chi connectivity index (χ4v) is 1.09. The van der Waals surface area contributed by atoms with E-state index in [4.69, 9.17) is 4.74 Å². The van der Waals surface area contributed by atoms with Crippen molar-refractivity contribution in [3.8, 4) is 11.8 Å². The lowest BCUT2D eigenvalue weighted by Gasteiger charge is -2.00. The second-order valence-electron chi connectivity index (χ2n) is 4.16. The van der Waals surface area contributed by atoms with Crippen molar-refractivity contribution in [3.63, 3.8) is 0 Å². The molecule has 0 saturated carbocycles. The first kappa shape index (κ1) is 19.5. The zero-order valence-electron chi connectivity index (χ0n) is 12.5. The molecule has 0 radical (unpaired) electrons. The van der Waals surface area contributed by atoms with Crippen LogP contribution in [0.5, 0.6) is 0 Å². The minimum absolute atomic E-state index is 0.701. The number of aldehydes is 1. The zero-order chi connectivity index (χ0) is 14.1. The Morgan fingerprint density at radius 1 is 1.11 bits per heavy atom. The van der Waals surface area contributed by atoms with Crippen LogP contribution in [-0.4, -0.2) is 45.0 Å². The summed E-state index contributed by atoms with van der Waals surface area (Å²) in [5.41, 5.74) is 0. The summed E-state index contributed by atoms with van der Waals surface area (Å²) in [5, 5.41) is 0. The molecule has 0 bridgehead atoms. The summed E-state index contributed by atoms with van der Waals surface area (Å²) >= 11 is 0. The van der Waals surface area contributed by atoms with Crippen LogP contribution in [0.1, 0.15) is 46.0 Å². The predicted octanol–water partition coefficient (Wildman–Crippen LogP) is 2.74. The number of carbonyl (C=O) groups excluding carboxylic acids is 1. The van der Waals surface area contributed by atoms with Gasteiger partial charge in [0.25, 0.3) is 0 Å². The quantitative estimate of drug-likeness (QED) is 0.379. The molecule has 0 heterocycles. The molecule has 3 heteroatoms. The van der Waals surface area contributed by atoms with Crippen LogP contribution in [0, 0.1) is 11.8 Å². The van der Waals surface area contributed by atoms with Crippen molar-refractivity contribution in [1.82, 2.24) is 4.90 Å². The van der Waals surface area contributed by atoms with Crippen molar-refractivity contribution in [1.29, 1.82) is 0 Å². The van der Waals surface area contributed by atoms with E-state index in [0.717, 1.165) is 51.7 Å². The standard InChI is InChI=1S/C8H16O2.C7H13N/c1-2-10-8-6-4-3-5-7-9;1-4-5-6-7-8(2)3/h7H,2-6,8H2,1H3;4,7H2,1-3H3. The van der Waals surface area contributed by atoms with Gasteiger partial charge in [0.05, 0.1) is 6.54 Å². The monoisotopic (exact) mass is 255 g/mol. The Balaban J connectivity index is 0.